The molecule has 0 radical (unpaired) electrons. The molecule has 8 heteroatoms. The Hall–Kier alpha value is -1.47. The van der Waals surface area contributed by atoms with E-state index in [1.165, 1.54) is 22.8 Å². The molecule has 0 bridgehead atoms. The molecule has 0 saturated heterocycles. The summed E-state index contributed by atoms with van der Waals surface area (Å²) in [6.45, 7) is 44.2. The Balaban J connectivity index is 2.29. The molecule has 242 valence electrons. The van der Waals surface area contributed by atoms with Crippen LogP contribution in [0.4, 0.5) is 5.69 Å². The number of benzene rings is 1. The maximum Gasteiger partial charge on any atom is 0.240 e. The number of para-hydroxylation sites is 1. The molecule has 4 rings (SSSR count). The van der Waals surface area contributed by atoms with Gasteiger partial charge in [0.1, 0.15) is 0 Å². The van der Waals surface area contributed by atoms with Crippen LogP contribution in [0.5, 0.6) is 0 Å². The minimum Gasteiger partial charge on any atom is -0.292 e. The van der Waals surface area contributed by atoms with Gasteiger partial charge in [-0.25, -0.2) is 0 Å². The highest BCUT2D eigenvalue weighted by atomic mass is 30.2. The van der Waals surface area contributed by atoms with Crippen molar-refractivity contribution in [1.29, 1.82) is 0 Å². The van der Waals surface area contributed by atoms with Gasteiger partial charge >= 0.3 is 0 Å². The van der Waals surface area contributed by atoms with Crippen LogP contribution in [0.2, 0.25) is 58.9 Å². The molecule has 3 nitrogen and oxygen atoms in total. The first kappa shape index (κ1) is 35.4. The van der Waals surface area contributed by atoms with Crippen LogP contribution in [0, 0.1) is 11.8 Å². The Labute approximate surface area is 275 Å². The Morgan fingerprint density at radius 2 is 1.11 bits per heavy atom. The third-order valence-corrected chi connectivity index (χ3v) is 118. The molecule has 1 atom stereocenters. The molecule has 0 amide bonds. The largest absolute Gasteiger partial charge is 0.292 e. The average molecular weight is 678 g/mol. The zero-order valence-corrected chi connectivity index (χ0v) is 36.3. The summed E-state index contributed by atoms with van der Waals surface area (Å²) in [5, 5.41) is 3.37. The minimum atomic E-state index is -2.64. The first-order valence-electron chi connectivity index (χ1n) is 17.2. The van der Waals surface area contributed by atoms with Gasteiger partial charge in [-0.2, -0.15) is 0 Å². The van der Waals surface area contributed by atoms with Gasteiger partial charge in [0.15, 0.2) is 0 Å². The zero-order valence-electron chi connectivity index (χ0n) is 31.3. The average Bonchev–Trinajstić information content (AvgIpc) is 3.32. The second kappa shape index (κ2) is 11.7. The summed E-state index contributed by atoms with van der Waals surface area (Å²) in [6.07, 6.45) is 10.2. The highest BCUT2D eigenvalue weighted by molar-refractivity contribution is 8.07. The molecule has 3 heterocycles. The lowest BCUT2D eigenvalue weighted by Gasteiger charge is -2.64. The Kier molecular flexibility index (Phi) is 9.37. The van der Waals surface area contributed by atoms with Crippen LogP contribution < -0.4 is 4.90 Å². The van der Waals surface area contributed by atoms with Crippen LogP contribution in [0.1, 0.15) is 78.4 Å². The van der Waals surface area contributed by atoms with E-state index >= 15 is 0 Å². The number of anilines is 1. The number of hydrogen-bond donors (Lipinski definition) is 0. The third-order valence-electron chi connectivity index (χ3n) is 10.6. The third kappa shape index (κ3) is 5.00. The van der Waals surface area contributed by atoms with E-state index in [0.29, 0.717) is 23.7 Å². The maximum atomic E-state index is 6.57. The SMILES string of the molecule is CC(C)C1=CC=CC(C(C)C)=C2N3C=CN(c4c(C(C)C)cccc4C(C)C)C3=N[Si@@]12[Si]([Si](C)(C)C)([Si](C)(C)C)[Si](C)(C)C. The predicted octanol–water partition coefficient (Wildman–Crippen LogP) is 10.8. The molecule has 0 unspecified atom stereocenters. The monoisotopic (exact) mass is 677 g/mol. The fraction of sp³-hybridized carbons (Fsp3) is 0.583. The highest BCUT2D eigenvalue weighted by Gasteiger charge is 2.78. The lowest BCUT2D eigenvalue weighted by molar-refractivity contribution is 0.700. The Morgan fingerprint density at radius 1 is 0.636 bits per heavy atom. The lowest BCUT2D eigenvalue weighted by atomic mass is 9.92. The van der Waals surface area contributed by atoms with Gasteiger partial charge in [0.2, 0.25) is 13.7 Å². The molecular weight excluding hydrogens is 615 g/mol. The fourth-order valence-corrected chi connectivity index (χ4v) is 159. The standard InChI is InChI=1S/C36H63N3Si5/c1-26(2)30-20-18-21-31(27(3)4)34(30)38-24-25-39-35-32(28(5)6)22-19-23-33(29(7)8)43(35,37-36(38)39)44(40(9,10)11,41(12,13)14)42(15,16)17/h18-29H,1-17H3/t43-/m1/s1. The highest BCUT2D eigenvalue weighted by Crippen LogP contribution is 2.56. The van der Waals surface area contributed by atoms with Crippen LogP contribution in [0.15, 0.2) is 69.6 Å². The van der Waals surface area contributed by atoms with E-state index in [9.17, 15) is 0 Å². The molecule has 0 aliphatic carbocycles. The van der Waals surface area contributed by atoms with E-state index in [2.05, 4.69) is 173 Å². The molecule has 1 aromatic rings. The van der Waals surface area contributed by atoms with Crippen LogP contribution in [-0.2, 0) is 0 Å². The van der Waals surface area contributed by atoms with Crippen molar-refractivity contribution in [2.75, 3.05) is 4.90 Å². The van der Waals surface area contributed by atoms with Crippen molar-refractivity contribution in [2.24, 2.45) is 16.5 Å². The number of rotatable bonds is 9. The minimum absolute atomic E-state index is 0.434. The molecule has 44 heavy (non-hydrogen) atoms. The summed E-state index contributed by atoms with van der Waals surface area (Å²) in [5.41, 5.74) is 5.76. The summed E-state index contributed by atoms with van der Waals surface area (Å²) < 4.78 is 6.57. The van der Waals surface area contributed by atoms with E-state index in [0.717, 1.165) is 0 Å². The second-order valence-electron chi connectivity index (χ2n) is 17.8. The predicted molar refractivity (Wildman–Crippen MR) is 211 cm³/mol. The fourth-order valence-electron chi connectivity index (χ4n) is 10.6. The van der Waals surface area contributed by atoms with Crippen LogP contribution in [0.25, 0.3) is 0 Å². The van der Waals surface area contributed by atoms with Crippen LogP contribution >= 0.6 is 0 Å². The van der Waals surface area contributed by atoms with Gasteiger partial charge in [-0.15, -0.1) is 0 Å². The van der Waals surface area contributed by atoms with E-state index < -0.39 is 36.7 Å². The van der Waals surface area contributed by atoms with Gasteiger partial charge < -0.3 is 0 Å². The molecule has 0 saturated carbocycles. The number of nitrogens with zero attached hydrogens (tertiary/aromatic N) is 3. The first-order valence-corrected chi connectivity index (χ1v) is 35.7. The maximum absolute atomic E-state index is 6.57. The summed E-state index contributed by atoms with van der Waals surface area (Å²) in [5.74, 6) is 2.98. The van der Waals surface area contributed by atoms with Crippen molar-refractivity contribution in [3.05, 3.63) is 76.0 Å². The normalized spacial score (nSPS) is 21.2. The second-order valence-corrected chi connectivity index (χ2v) is 69.2. The van der Waals surface area contributed by atoms with Gasteiger partial charge in [0.25, 0.3) is 0 Å². The van der Waals surface area contributed by atoms with E-state index in [1.807, 2.05) is 0 Å². The van der Waals surface area contributed by atoms with Gasteiger partial charge in [0, 0.05) is 40.5 Å². The summed E-state index contributed by atoms with van der Waals surface area (Å²) >= 11 is 0. The molecular formula is C36H63N3Si5. The van der Waals surface area contributed by atoms with Crippen molar-refractivity contribution >= 4 is 48.3 Å². The topological polar surface area (TPSA) is 18.8 Å². The van der Waals surface area contributed by atoms with Crippen molar-refractivity contribution in [2.45, 2.75) is 126 Å². The van der Waals surface area contributed by atoms with Crippen LogP contribution in [0.3, 0.4) is 0 Å². The smallest absolute Gasteiger partial charge is 0.240 e. The Bertz CT molecular complexity index is 1380. The van der Waals surface area contributed by atoms with Gasteiger partial charge in [0.05, 0.1) is 11.8 Å². The van der Waals surface area contributed by atoms with Gasteiger partial charge in [-0.3, -0.25) is 14.5 Å². The molecule has 3 aliphatic rings. The van der Waals surface area contributed by atoms with Crippen molar-refractivity contribution < 1.29 is 0 Å². The molecule has 3 aliphatic heterocycles. The summed E-state index contributed by atoms with van der Waals surface area (Å²) in [4.78, 5) is 5.19. The van der Waals surface area contributed by atoms with Crippen molar-refractivity contribution in [3.63, 3.8) is 0 Å². The van der Waals surface area contributed by atoms with Crippen LogP contribution in [-0.4, -0.2) is 47.5 Å². The van der Waals surface area contributed by atoms with E-state index in [4.69, 9.17) is 4.66 Å². The quantitative estimate of drug-likeness (QED) is 0.242. The van der Waals surface area contributed by atoms with E-state index in [-0.39, 0.29) is 0 Å². The Morgan fingerprint density at radius 3 is 1.52 bits per heavy atom. The summed E-state index contributed by atoms with van der Waals surface area (Å²) in [6, 6.07) is 6.98. The molecule has 1 aromatic carbocycles. The van der Waals surface area contributed by atoms with E-state index in [1.54, 1.807) is 16.1 Å². The molecule has 0 aromatic heterocycles. The molecule has 0 spiro atoms. The molecule has 0 fully saturated rings. The van der Waals surface area contributed by atoms with Gasteiger partial charge in [-0.1, -0.05) is 156 Å². The zero-order chi connectivity index (χ0) is 33.4. The molecule has 0 N–H and O–H groups in total. The first-order chi connectivity index (χ1) is 20.1. The van der Waals surface area contributed by atoms with Crippen molar-refractivity contribution in [1.82, 2.24) is 4.90 Å². The van der Waals surface area contributed by atoms with Crippen molar-refractivity contribution in [3.8, 4) is 0 Å². The summed E-state index contributed by atoms with van der Waals surface area (Å²) in [7, 11) is -7.82. The number of allylic oxidation sites excluding steroid dienone is 5. The number of hydrogen-bond acceptors (Lipinski definition) is 3. The number of fused-ring (bicyclic) bond motifs is 3. The number of guanidine groups is 1. The van der Waals surface area contributed by atoms with Gasteiger partial charge in [-0.05, 0) is 40.4 Å². The lowest BCUT2D eigenvalue weighted by Crippen LogP contribution is -2.94.